The first-order valence-electron chi connectivity index (χ1n) is 7.37. The van der Waals surface area contributed by atoms with Crippen molar-refractivity contribution in [2.75, 3.05) is 5.32 Å². The molecule has 0 saturated heterocycles. The van der Waals surface area contributed by atoms with Gasteiger partial charge in [0.15, 0.2) is 0 Å². The van der Waals surface area contributed by atoms with Crippen LogP contribution in [0.4, 0.5) is 5.69 Å². The quantitative estimate of drug-likeness (QED) is 0.792. The van der Waals surface area contributed by atoms with E-state index in [0.717, 1.165) is 26.4 Å². The number of benzene rings is 1. The van der Waals surface area contributed by atoms with Crippen LogP contribution in [0.25, 0.3) is 10.9 Å². The first-order valence-corrected chi connectivity index (χ1v) is 8.18. The van der Waals surface area contributed by atoms with Gasteiger partial charge in [0.05, 0.1) is 5.52 Å². The molecule has 3 aromatic rings. The van der Waals surface area contributed by atoms with Crippen LogP contribution < -0.4 is 10.1 Å². The summed E-state index contributed by atoms with van der Waals surface area (Å²) in [5.41, 5.74) is 2.91. The Morgan fingerprint density at radius 1 is 1.39 bits per heavy atom. The lowest BCUT2D eigenvalue weighted by atomic mass is 10.1. The lowest BCUT2D eigenvalue weighted by molar-refractivity contribution is -0.114. The van der Waals surface area contributed by atoms with Crippen molar-refractivity contribution in [2.45, 2.75) is 27.4 Å². The van der Waals surface area contributed by atoms with Crippen molar-refractivity contribution in [1.29, 1.82) is 0 Å². The van der Waals surface area contributed by atoms with E-state index in [0.29, 0.717) is 18.2 Å². The topological polar surface area (TPSA) is 56.1 Å². The number of hydrogen-bond acceptors (Lipinski definition) is 4. The van der Waals surface area contributed by atoms with Gasteiger partial charge in [-0.1, -0.05) is 18.2 Å². The Morgan fingerprint density at radius 2 is 2.17 bits per heavy atom. The number of para-hydroxylation sites is 1. The highest BCUT2D eigenvalue weighted by atomic mass is 32.1. The third kappa shape index (κ3) is 2.94. The monoisotopic (exact) mass is 329 g/mol. The van der Waals surface area contributed by atoms with Gasteiger partial charge in [-0.3, -0.25) is 4.79 Å². The number of aryl methyl sites for hydroxylation is 3. The molecule has 1 aromatic carbocycles. The molecule has 2 aromatic heterocycles. The number of carbonyl (C=O) groups is 1. The fraction of sp³-hybridized carbons (Fsp3) is 0.294. The molecule has 0 fully saturated rings. The number of hydrogen-bond donors (Lipinski definition) is 1. The van der Waals surface area contributed by atoms with E-state index in [-0.39, 0.29) is 5.91 Å². The summed E-state index contributed by atoms with van der Waals surface area (Å²) in [5.74, 6) is 0.534. The zero-order valence-corrected chi connectivity index (χ0v) is 14.5. The summed E-state index contributed by atoms with van der Waals surface area (Å²) in [6.45, 7) is 5.95. The van der Waals surface area contributed by atoms with Crippen molar-refractivity contribution in [1.82, 2.24) is 9.55 Å². The first kappa shape index (κ1) is 15.6. The fourth-order valence-electron chi connectivity index (χ4n) is 2.75. The van der Waals surface area contributed by atoms with E-state index in [4.69, 9.17) is 4.74 Å². The van der Waals surface area contributed by atoms with Gasteiger partial charge in [0.1, 0.15) is 17.3 Å². The number of nitrogens with zero attached hydrogens (tertiary/aromatic N) is 2. The predicted octanol–water partition coefficient (Wildman–Crippen LogP) is 3.79. The maximum Gasteiger partial charge on any atom is 0.221 e. The Balaban J connectivity index is 2.04. The Hall–Kier alpha value is -2.34. The average Bonchev–Trinajstić information content (AvgIpc) is 3.01. The molecular weight excluding hydrogens is 310 g/mol. The molecule has 1 amide bonds. The summed E-state index contributed by atoms with van der Waals surface area (Å²) in [7, 11) is 1.95. The van der Waals surface area contributed by atoms with Crippen molar-refractivity contribution in [2.24, 2.45) is 7.05 Å². The maximum absolute atomic E-state index is 11.6. The maximum atomic E-state index is 11.6. The van der Waals surface area contributed by atoms with Crippen LogP contribution in [-0.4, -0.2) is 15.5 Å². The smallest absolute Gasteiger partial charge is 0.221 e. The van der Waals surface area contributed by atoms with E-state index in [1.54, 1.807) is 11.3 Å². The van der Waals surface area contributed by atoms with E-state index < -0.39 is 0 Å². The molecule has 0 bridgehead atoms. The van der Waals surface area contributed by atoms with Crippen LogP contribution >= 0.6 is 11.3 Å². The van der Waals surface area contributed by atoms with Gasteiger partial charge in [0.25, 0.3) is 0 Å². The van der Waals surface area contributed by atoms with Crippen LogP contribution in [0.1, 0.15) is 22.4 Å². The van der Waals surface area contributed by atoms with E-state index in [9.17, 15) is 4.79 Å². The van der Waals surface area contributed by atoms with Crippen molar-refractivity contribution < 1.29 is 9.53 Å². The lowest BCUT2D eigenvalue weighted by Gasteiger charge is -2.09. The number of fused-ring (bicyclic) bond motifs is 1. The Morgan fingerprint density at radius 3 is 2.83 bits per heavy atom. The Labute approximate surface area is 138 Å². The summed E-state index contributed by atoms with van der Waals surface area (Å²) < 4.78 is 7.99. The van der Waals surface area contributed by atoms with E-state index in [1.165, 1.54) is 6.92 Å². The normalized spacial score (nSPS) is 11.0. The van der Waals surface area contributed by atoms with Crippen LogP contribution in [0, 0.1) is 13.8 Å². The highest BCUT2D eigenvalue weighted by Gasteiger charge is 2.19. The molecular formula is C17H19N3O2S. The summed E-state index contributed by atoms with van der Waals surface area (Å²) >= 11 is 1.61. The largest absolute Gasteiger partial charge is 0.470 e. The molecule has 5 nitrogen and oxygen atoms in total. The van der Waals surface area contributed by atoms with Gasteiger partial charge in [-0.05, 0) is 19.4 Å². The highest BCUT2D eigenvalue weighted by molar-refractivity contribution is 7.11. The second kappa shape index (κ2) is 6.04. The number of nitrogens with one attached hydrogen (secondary N) is 1. The predicted molar refractivity (Wildman–Crippen MR) is 93.1 cm³/mol. The first-order chi connectivity index (χ1) is 11.0. The number of aromatic nitrogens is 2. The van der Waals surface area contributed by atoms with Gasteiger partial charge in [0, 0.05) is 30.4 Å². The molecule has 2 heterocycles. The number of amides is 1. The fourth-order valence-corrected chi connectivity index (χ4v) is 3.45. The van der Waals surface area contributed by atoms with E-state index >= 15 is 0 Å². The summed E-state index contributed by atoms with van der Waals surface area (Å²) in [6.07, 6.45) is 1.84. The van der Waals surface area contributed by atoms with E-state index in [2.05, 4.69) is 10.3 Å². The van der Waals surface area contributed by atoms with Crippen molar-refractivity contribution in [3.8, 4) is 5.88 Å². The zero-order chi connectivity index (χ0) is 16.6. The SMILES string of the molecule is CC(=O)Nc1c(OCc2ncc(C)s2)n(C)c2c(C)cccc12. The van der Waals surface area contributed by atoms with Gasteiger partial charge in [0.2, 0.25) is 11.8 Å². The van der Waals surface area contributed by atoms with Crippen LogP contribution in [0.5, 0.6) is 5.88 Å². The van der Waals surface area contributed by atoms with Crippen LogP contribution in [0.15, 0.2) is 24.4 Å². The molecule has 0 unspecified atom stereocenters. The zero-order valence-electron chi connectivity index (χ0n) is 13.6. The number of thiazole rings is 1. The molecule has 3 rings (SSSR count). The third-order valence-corrected chi connectivity index (χ3v) is 4.55. The van der Waals surface area contributed by atoms with Gasteiger partial charge in [-0.25, -0.2) is 4.98 Å². The van der Waals surface area contributed by atoms with Gasteiger partial charge >= 0.3 is 0 Å². The molecule has 0 aliphatic carbocycles. The third-order valence-electron chi connectivity index (χ3n) is 3.66. The molecule has 0 saturated carbocycles. The molecule has 0 radical (unpaired) electrons. The molecule has 0 aliphatic rings. The van der Waals surface area contributed by atoms with Crippen LogP contribution in [0.3, 0.4) is 0 Å². The second-order valence-electron chi connectivity index (χ2n) is 5.54. The Bertz CT molecular complexity index is 879. The molecule has 1 N–H and O–H groups in total. The highest BCUT2D eigenvalue weighted by Crippen LogP contribution is 2.38. The number of anilines is 1. The lowest BCUT2D eigenvalue weighted by Crippen LogP contribution is -2.08. The molecule has 6 heteroatoms. The summed E-state index contributed by atoms with van der Waals surface area (Å²) in [4.78, 5) is 17.1. The average molecular weight is 329 g/mol. The second-order valence-corrected chi connectivity index (χ2v) is 6.86. The van der Waals surface area contributed by atoms with Crippen molar-refractivity contribution in [3.05, 3.63) is 39.8 Å². The van der Waals surface area contributed by atoms with Crippen LogP contribution in [-0.2, 0) is 18.4 Å². The van der Waals surface area contributed by atoms with Crippen molar-refractivity contribution in [3.63, 3.8) is 0 Å². The molecule has 23 heavy (non-hydrogen) atoms. The van der Waals surface area contributed by atoms with Gasteiger partial charge in [-0.15, -0.1) is 11.3 Å². The summed E-state index contributed by atoms with van der Waals surface area (Å²) in [5, 5.41) is 4.80. The van der Waals surface area contributed by atoms with Gasteiger partial charge < -0.3 is 14.6 Å². The van der Waals surface area contributed by atoms with Gasteiger partial charge in [-0.2, -0.15) is 0 Å². The standard InChI is InChI=1S/C17H19N3O2S/c1-10-6-5-7-13-15(19-12(3)21)17(20(4)16(10)13)22-9-14-18-8-11(2)23-14/h5-8H,9H2,1-4H3,(H,19,21). The minimum atomic E-state index is -0.117. The summed E-state index contributed by atoms with van der Waals surface area (Å²) in [6, 6.07) is 6.03. The van der Waals surface area contributed by atoms with Crippen molar-refractivity contribution >= 4 is 33.8 Å². The number of rotatable bonds is 4. The van der Waals surface area contributed by atoms with E-state index in [1.807, 2.05) is 49.9 Å². The molecule has 0 spiro atoms. The Kier molecular flexibility index (Phi) is 4.09. The minimum Gasteiger partial charge on any atom is -0.470 e. The number of ether oxygens (including phenoxy) is 1. The molecule has 120 valence electrons. The number of carbonyl (C=O) groups excluding carboxylic acids is 1. The molecule has 0 atom stereocenters. The minimum absolute atomic E-state index is 0.117. The van der Waals surface area contributed by atoms with Crippen LogP contribution in [0.2, 0.25) is 0 Å². The molecule has 0 aliphatic heterocycles.